The van der Waals surface area contributed by atoms with Gasteiger partial charge in [0.05, 0.1) is 24.5 Å². The molecule has 1 aliphatic heterocycles. The molecule has 194 valence electrons. The SMILES string of the molecule is CCOC(=O)C1=C(C)NC2=C(C(=O)c3ccccc32)[C@H]1c1ccc(OCc2ccc(C)cc2)c(OCC)c1. The highest BCUT2D eigenvalue weighted by atomic mass is 16.5. The van der Waals surface area contributed by atoms with Crippen LogP contribution in [0.15, 0.2) is 83.6 Å². The number of dihydropyridines is 1. The summed E-state index contributed by atoms with van der Waals surface area (Å²) < 4.78 is 17.5. The molecule has 1 atom stereocenters. The summed E-state index contributed by atoms with van der Waals surface area (Å²) in [6.07, 6.45) is 0. The Morgan fingerprint density at radius 2 is 1.61 bits per heavy atom. The number of hydrogen-bond donors (Lipinski definition) is 1. The Morgan fingerprint density at radius 1 is 0.868 bits per heavy atom. The maximum absolute atomic E-state index is 13.7. The van der Waals surface area contributed by atoms with Crippen molar-refractivity contribution in [1.29, 1.82) is 0 Å². The van der Waals surface area contributed by atoms with Crippen LogP contribution in [0.3, 0.4) is 0 Å². The van der Waals surface area contributed by atoms with E-state index in [9.17, 15) is 9.59 Å². The average Bonchev–Trinajstić information content (AvgIpc) is 3.19. The zero-order chi connectivity index (χ0) is 26.8. The van der Waals surface area contributed by atoms with E-state index in [2.05, 4.69) is 17.4 Å². The molecule has 6 nitrogen and oxygen atoms in total. The Morgan fingerprint density at radius 3 is 2.32 bits per heavy atom. The van der Waals surface area contributed by atoms with Gasteiger partial charge in [0.15, 0.2) is 17.3 Å². The number of allylic oxidation sites excluding steroid dienone is 2. The molecule has 3 aromatic rings. The van der Waals surface area contributed by atoms with Gasteiger partial charge in [-0.15, -0.1) is 0 Å². The Bertz CT molecular complexity index is 1470. The molecule has 2 aliphatic rings. The topological polar surface area (TPSA) is 73.9 Å². The zero-order valence-electron chi connectivity index (χ0n) is 22.1. The van der Waals surface area contributed by atoms with Gasteiger partial charge in [0.25, 0.3) is 0 Å². The Labute approximate surface area is 222 Å². The van der Waals surface area contributed by atoms with Crippen molar-refractivity contribution in [3.8, 4) is 11.5 Å². The number of Topliss-reactive ketones (excluding diaryl/α,β-unsaturated/α-hetero) is 1. The van der Waals surface area contributed by atoms with Crippen LogP contribution in [0.1, 0.15) is 59.3 Å². The highest BCUT2D eigenvalue weighted by Crippen LogP contribution is 2.48. The van der Waals surface area contributed by atoms with Gasteiger partial charge >= 0.3 is 5.97 Å². The molecule has 0 saturated heterocycles. The van der Waals surface area contributed by atoms with E-state index in [4.69, 9.17) is 14.2 Å². The van der Waals surface area contributed by atoms with Gasteiger partial charge in [0.1, 0.15) is 6.61 Å². The second-order valence-corrected chi connectivity index (χ2v) is 9.39. The largest absolute Gasteiger partial charge is 0.490 e. The lowest BCUT2D eigenvalue weighted by Gasteiger charge is -2.29. The summed E-state index contributed by atoms with van der Waals surface area (Å²) in [5.41, 5.74) is 6.81. The Balaban J connectivity index is 1.57. The van der Waals surface area contributed by atoms with Crippen molar-refractivity contribution in [1.82, 2.24) is 5.32 Å². The van der Waals surface area contributed by atoms with Gasteiger partial charge in [-0.05, 0) is 51.0 Å². The molecule has 0 radical (unpaired) electrons. The van der Waals surface area contributed by atoms with Gasteiger partial charge in [0.2, 0.25) is 0 Å². The molecular weight excluding hydrogens is 478 g/mol. The van der Waals surface area contributed by atoms with E-state index in [1.54, 1.807) is 6.92 Å². The first-order valence-electron chi connectivity index (χ1n) is 12.9. The molecule has 0 bridgehead atoms. The molecule has 38 heavy (non-hydrogen) atoms. The standard InChI is InChI=1S/C32H31NO5/c1-5-36-26-17-22(15-16-25(26)38-18-21-13-11-19(3)12-14-21)28-27(32(35)37-6-2)20(4)33-30-23-9-7-8-10-24(23)31(34)29(28)30/h7-17,28,33H,5-6,18H2,1-4H3/t28-/m0/s1. The molecule has 0 amide bonds. The highest BCUT2D eigenvalue weighted by molar-refractivity contribution is 6.23. The minimum Gasteiger partial charge on any atom is -0.490 e. The smallest absolute Gasteiger partial charge is 0.336 e. The fourth-order valence-corrected chi connectivity index (χ4v) is 5.08. The molecule has 0 fully saturated rings. The van der Waals surface area contributed by atoms with Crippen LogP contribution in [0.25, 0.3) is 5.70 Å². The predicted octanol–water partition coefficient (Wildman–Crippen LogP) is 6.10. The number of carbonyl (C=O) groups excluding carboxylic acids is 2. The van der Waals surface area contributed by atoms with Crippen molar-refractivity contribution in [2.75, 3.05) is 13.2 Å². The Kier molecular flexibility index (Phi) is 7.05. The van der Waals surface area contributed by atoms with Crippen LogP contribution in [-0.4, -0.2) is 25.0 Å². The van der Waals surface area contributed by atoms with Crippen LogP contribution >= 0.6 is 0 Å². The summed E-state index contributed by atoms with van der Waals surface area (Å²) in [6.45, 7) is 8.64. The zero-order valence-corrected chi connectivity index (χ0v) is 22.1. The van der Waals surface area contributed by atoms with E-state index in [0.29, 0.717) is 47.1 Å². The van der Waals surface area contributed by atoms with Crippen LogP contribution in [0.4, 0.5) is 0 Å². The number of rotatable bonds is 8. The van der Waals surface area contributed by atoms with Gasteiger partial charge in [-0.1, -0.05) is 60.2 Å². The minimum absolute atomic E-state index is 0.0972. The van der Waals surface area contributed by atoms with Gasteiger partial charge in [-0.25, -0.2) is 4.79 Å². The van der Waals surface area contributed by atoms with Gasteiger partial charge < -0.3 is 19.5 Å². The van der Waals surface area contributed by atoms with Crippen molar-refractivity contribution in [3.05, 3.63) is 111 Å². The molecule has 5 rings (SSSR count). The molecule has 0 spiro atoms. The molecule has 0 unspecified atom stereocenters. The minimum atomic E-state index is -0.615. The van der Waals surface area contributed by atoms with E-state index in [-0.39, 0.29) is 12.4 Å². The predicted molar refractivity (Wildman–Crippen MR) is 146 cm³/mol. The number of aryl methyl sites for hydroxylation is 1. The number of hydrogen-bond acceptors (Lipinski definition) is 6. The molecule has 0 aromatic heterocycles. The number of ketones is 1. The van der Waals surface area contributed by atoms with Crippen LogP contribution in [0, 0.1) is 6.92 Å². The summed E-state index contributed by atoms with van der Waals surface area (Å²) in [4.78, 5) is 26.9. The van der Waals surface area contributed by atoms with Crippen molar-refractivity contribution < 1.29 is 23.8 Å². The maximum Gasteiger partial charge on any atom is 0.336 e. The maximum atomic E-state index is 13.7. The van der Waals surface area contributed by atoms with E-state index >= 15 is 0 Å². The first-order chi connectivity index (χ1) is 18.4. The molecule has 0 saturated carbocycles. The third-order valence-electron chi connectivity index (χ3n) is 6.86. The number of ether oxygens (including phenoxy) is 3. The summed E-state index contributed by atoms with van der Waals surface area (Å²) in [5.74, 6) is -0.00794. The fourth-order valence-electron chi connectivity index (χ4n) is 5.08. The van der Waals surface area contributed by atoms with E-state index in [1.807, 2.05) is 75.4 Å². The third kappa shape index (κ3) is 4.58. The third-order valence-corrected chi connectivity index (χ3v) is 6.86. The van der Waals surface area contributed by atoms with E-state index in [0.717, 1.165) is 22.4 Å². The van der Waals surface area contributed by atoms with Crippen molar-refractivity contribution in [2.45, 2.75) is 40.2 Å². The monoisotopic (exact) mass is 509 g/mol. The van der Waals surface area contributed by atoms with Crippen molar-refractivity contribution in [3.63, 3.8) is 0 Å². The van der Waals surface area contributed by atoms with Gasteiger partial charge in [-0.3, -0.25) is 4.79 Å². The molecule has 6 heteroatoms. The van der Waals surface area contributed by atoms with Crippen LogP contribution < -0.4 is 14.8 Å². The van der Waals surface area contributed by atoms with Crippen LogP contribution in [0.5, 0.6) is 11.5 Å². The second-order valence-electron chi connectivity index (χ2n) is 9.39. The molecule has 1 N–H and O–H groups in total. The summed E-state index contributed by atoms with van der Waals surface area (Å²) in [5, 5.41) is 3.33. The van der Waals surface area contributed by atoms with E-state index in [1.165, 1.54) is 5.56 Å². The second kappa shape index (κ2) is 10.6. The lowest BCUT2D eigenvalue weighted by Crippen LogP contribution is -2.29. The fraction of sp³-hybridized carbons (Fsp3) is 0.250. The number of fused-ring (bicyclic) bond motifs is 2. The lowest BCUT2D eigenvalue weighted by molar-refractivity contribution is -0.138. The first kappa shape index (κ1) is 25.3. The van der Waals surface area contributed by atoms with Gasteiger partial charge in [0, 0.05) is 28.3 Å². The van der Waals surface area contributed by atoms with Crippen LogP contribution in [-0.2, 0) is 16.1 Å². The van der Waals surface area contributed by atoms with Gasteiger partial charge in [-0.2, -0.15) is 0 Å². The van der Waals surface area contributed by atoms with E-state index < -0.39 is 11.9 Å². The average molecular weight is 510 g/mol. The van der Waals surface area contributed by atoms with Crippen molar-refractivity contribution >= 4 is 17.4 Å². The van der Waals surface area contributed by atoms with Crippen LogP contribution in [0.2, 0.25) is 0 Å². The number of benzene rings is 3. The summed E-state index contributed by atoms with van der Waals surface area (Å²) in [6, 6.07) is 21.3. The number of nitrogens with one attached hydrogen (secondary N) is 1. The molecule has 1 aliphatic carbocycles. The first-order valence-corrected chi connectivity index (χ1v) is 12.9. The summed E-state index contributed by atoms with van der Waals surface area (Å²) >= 11 is 0. The molecule has 3 aromatic carbocycles. The quantitative estimate of drug-likeness (QED) is 0.370. The number of esters is 1. The number of carbonyl (C=O) groups is 2. The summed E-state index contributed by atoms with van der Waals surface area (Å²) in [7, 11) is 0. The Hall–Kier alpha value is -4.32. The lowest BCUT2D eigenvalue weighted by atomic mass is 9.79. The normalized spacial score (nSPS) is 16.1. The molecule has 1 heterocycles. The van der Waals surface area contributed by atoms with Crippen molar-refractivity contribution in [2.24, 2.45) is 0 Å². The highest BCUT2D eigenvalue weighted by Gasteiger charge is 2.43. The molecular formula is C32H31NO5.